The molecule has 1 aromatic carbocycles. The van der Waals surface area contributed by atoms with Crippen molar-refractivity contribution in [1.29, 1.82) is 0 Å². The van der Waals surface area contributed by atoms with Crippen molar-refractivity contribution in [2.24, 2.45) is 7.05 Å². The van der Waals surface area contributed by atoms with Crippen molar-refractivity contribution in [3.63, 3.8) is 0 Å². The van der Waals surface area contributed by atoms with Gasteiger partial charge in [-0.2, -0.15) is 0 Å². The van der Waals surface area contributed by atoms with E-state index in [1.54, 1.807) is 68.8 Å². The van der Waals surface area contributed by atoms with Crippen LogP contribution >= 0.6 is 0 Å². The van der Waals surface area contributed by atoms with E-state index >= 15 is 0 Å². The van der Waals surface area contributed by atoms with Crippen LogP contribution in [0.1, 0.15) is 55.1 Å². The normalized spacial score (nSPS) is 11.8. The van der Waals surface area contributed by atoms with Gasteiger partial charge in [-0.15, -0.1) is 0 Å². The summed E-state index contributed by atoms with van der Waals surface area (Å²) in [7, 11) is 3.02. The van der Waals surface area contributed by atoms with Gasteiger partial charge < -0.3 is 18.6 Å². The Labute approximate surface area is 181 Å². The summed E-state index contributed by atoms with van der Waals surface area (Å²) in [6, 6.07) is 11.5. The van der Waals surface area contributed by atoms with E-state index in [0.717, 1.165) is 0 Å². The molecular weight excluding hydrogens is 396 g/mol. The molecule has 162 valence electrons. The van der Waals surface area contributed by atoms with Crippen LogP contribution in [0.25, 0.3) is 0 Å². The Hall–Kier alpha value is -3.61. The number of nitrogens with zero attached hydrogens (tertiary/aromatic N) is 2. The van der Waals surface area contributed by atoms with Gasteiger partial charge >= 0.3 is 5.97 Å². The molecule has 1 unspecified atom stereocenters. The molecule has 2 heterocycles. The number of Topliss-reactive ketones (excluding diaryl/α,β-unsaturated/α-hetero) is 1. The van der Waals surface area contributed by atoms with Gasteiger partial charge in [0, 0.05) is 23.9 Å². The van der Waals surface area contributed by atoms with Crippen LogP contribution in [-0.4, -0.2) is 40.3 Å². The molecule has 0 saturated carbocycles. The smallest absolute Gasteiger partial charge is 0.354 e. The van der Waals surface area contributed by atoms with Crippen molar-refractivity contribution in [1.82, 2.24) is 9.47 Å². The summed E-state index contributed by atoms with van der Waals surface area (Å²) in [5, 5.41) is 0. The summed E-state index contributed by atoms with van der Waals surface area (Å²) >= 11 is 0. The highest BCUT2D eigenvalue weighted by atomic mass is 16.5. The zero-order valence-corrected chi connectivity index (χ0v) is 18.3. The predicted molar refractivity (Wildman–Crippen MR) is 115 cm³/mol. The first-order valence-electron chi connectivity index (χ1n) is 9.94. The van der Waals surface area contributed by atoms with Crippen LogP contribution in [0.15, 0.2) is 53.1 Å². The lowest BCUT2D eigenvalue weighted by atomic mass is 9.99. The van der Waals surface area contributed by atoms with Crippen molar-refractivity contribution in [3.05, 3.63) is 82.6 Å². The van der Waals surface area contributed by atoms with Gasteiger partial charge in [0.15, 0.2) is 5.78 Å². The Balaban J connectivity index is 2.02. The Morgan fingerprint density at radius 2 is 1.77 bits per heavy atom. The molecule has 0 N–H and O–H groups in total. The zero-order chi connectivity index (χ0) is 22.7. The average Bonchev–Trinajstić information content (AvgIpc) is 3.37. The number of hydrogen-bond donors (Lipinski definition) is 0. The van der Waals surface area contributed by atoms with Crippen molar-refractivity contribution in [2.45, 2.75) is 33.4 Å². The Kier molecular flexibility index (Phi) is 6.44. The standard InChI is InChI=1S/C24H26N2O5/c1-15-20(16(2)25(4)21(15)24(29)30-5)22(27)17(3)26(14-19-12-9-13-31-19)23(28)18-10-7-6-8-11-18/h6-13,17H,14H2,1-5H3. The summed E-state index contributed by atoms with van der Waals surface area (Å²) in [4.78, 5) is 40.6. The number of amides is 1. The monoisotopic (exact) mass is 422 g/mol. The maximum absolute atomic E-state index is 13.6. The second-order valence-electron chi connectivity index (χ2n) is 7.40. The van der Waals surface area contributed by atoms with Gasteiger partial charge in [0.25, 0.3) is 5.91 Å². The van der Waals surface area contributed by atoms with Crippen LogP contribution in [0.2, 0.25) is 0 Å². The van der Waals surface area contributed by atoms with Gasteiger partial charge in [-0.05, 0) is 50.6 Å². The molecule has 0 radical (unpaired) electrons. The Morgan fingerprint density at radius 1 is 1.10 bits per heavy atom. The number of rotatable bonds is 7. The van der Waals surface area contributed by atoms with Crippen LogP contribution in [0.4, 0.5) is 0 Å². The van der Waals surface area contributed by atoms with Crippen molar-refractivity contribution >= 4 is 17.7 Å². The lowest BCUT2D eigenvalue weighted by molar-refractivity contribution is 0.0586. The summed E-state index contributed by atoms with van der Waals surface area (Å²) in [5.41, 5.74) is 2.39. The first kappa shape index (κ1) is 22.1. The number of hydrogen-bond acceptors (Lipinski definition) is 5. The van der Waals surface area contributed by atoms with Crippen molar-refractivity contribution < 1.29 is 23.5 Å². The predicted octanol–water partition coefficient (Wildman–Crippen LogP) is 3.94. The molecule has 31 heavy (non-hydrogen) atoms. The number of ketones is 1. The molecule has 0 aliphatic rings. The molecule has 0 aliphatic carbocycles. The minimum atomic E-state index is -0.789. The van der Waals surface area contributed by atoms with Crippen LogP contribution < -0.4 is 0 Å². The molecular formula is C24H26N2O5. The highest BCUT2D eigenvalue weighted by molar-refractivity contribution is 6.07. The van der Waals surface area contributed by atoms with Gasteiger partial charge in [-0.3, -0.25) is 9.59 Å². The number of esters is 1. The van der Waals surface area contributed by atoms with E-state index in [1.165, 1.54) is 18.3 Å². The van der Waals surface area contributed by atoms with E-state index in [9.17, 15) is 14.4 Å². The minimum Gasteiger partial charge on any atom is -0.467 e. The fourth-order valence-corrected chi connectivity index (χ4v) is 3.78. The maximum atomic E-state index is 13.6. The van der Waals surface area contributed by atoms with E-state index in [4.69, 9.17) is 9.15 Å². The minimum absolute atomic E-state index is 0.141. The first-order chi connectivity index (χ1) is 14.8. The molecule has 0 spiro atoms. The van der Waals surface area contributed by atoms with E-state index < -0.39 is 12.0 Å². The first-order valence-corrected chi connectivity index (χ1v) is 9.94. The molecule has 0 aliphatic heterocycles. The van der Waals surface area contributed by atoms with Gasteiger partial charge in [-0.1, -0.05) is 18.2 Å². The number of aromatic nitrogens is 1. The third-order valence-corrected chi connectivity index (χ3v) is 5.59. The third kappa shape index (κ3) is 4.17. The number of methoxy groups -OCH3 is 1. The van der Waals surface area contributed by atoms with E-state index in [1.807, 2.05) is 6.07 Å². The SMILES string of the molecule is COC(=O)c1c(C)c(C(=O)C(C)N(Cc2ccco2)C(=O)c2ccccc2)c(C)n1C. The molecule has 3 aromatic rings. The molecule has 0 saturated heterocycles. The zero-order valence-electron chi connectivity index (χ0n) is 18.3. The summed E-state index contributed by atoms with van der Waals surface area (Å²) in [6.07, 6.45) is 1.53. The molecule has 1 atom stereocenters. The topological polar surface area (TPSA) is 81.8 Å². The fraction of sp³-hybridized carbons (Fsp3) is 0.292. The summed E-state index contributed by atoms with van der Waals surface area (Å²) < 4.78 is 12.0. The number of carbonyl (C=O) groups excluding carboxylic acids is 3. The Morgan fingerprint density at radius 3 is 2.35 bits per heavy atom. The van der Waals surface area contributed by atoms with Gasteiger partial charge in [-0.25, -0.2) is 4.79 Å². The van der Waals surface area contributed by atoms with Gasteiger partial charge in [0.1, 0.15) is 11.5 Å². The molecule has 3 rings (SSSR count). The molecule has 7 nitrogen and oxygen atoms in total. The summed E-state index contributed by atoms with van der Waals surface area (Å²) in [6.45, 7) is 5.32. The number of carbonyl (C=O) groups is 3. The molecule has 1 amide bonds. The van der Waals surface area contributed by atoms with Crippen molar-refractivity contribution in [3.8, 4) is 0 Å². The highest BCUT2D eigenvalue weighted by Gasteiger charge is 2.33. The maximum Gasteiger partial charge on any atom is 0.354 e. The van der Waals surface area contributed by atoms with Crippen LogP contribution in [0, 0.1) is 13.8 Å². The Bertz CT molecular complexity index is 1100. The molecule has 0 bridgehead atoms. The van der Waals surface area contributed by atoms with Crippen LogP contribution in [0.5, 0.6) is 0 Å². The molecule has 2 aromatic heterocycles. The van der Waals surface area contributed by atoms with E-state index in [2.05, 4.69) is 0 Å². The van der Waals surface area contributed by atoms with Crippen LogP contribution in [-0.2, 0) is 18.3 Å². The van der Waals surface area contributed by atoms with Crippen LogP contribution in [0.3, 0.4) is 0 Å². The van der Waals surface area contributed by atoms with Gasteiger partial charge in [0.05, 0.1) is 26.0 Å². The second-order valence-corrected chi connectivity index (χ2v) is 7.40. The van der Waals surface area contributed by atoms with E-state index in [-0.39, 0.29) is 18.2 Å². The second kappa shape index (κ2) is 9.04. The number of furan rings is 1. The average molecular weight is 422 g/mol. The molecule has 7 heteroatoms. The third-order valence-electron chi connectivity index (χ3n) is 5.59. The summed E-state index contributed by atoms with van der Waals surface area (Å²) in [5.74, 6) is -0.475. The van der Waals surface area contributed by atoms with E-state index in [0.29, 0.717) is 33.8 Å². The fourth-order valence-electron chi connectivity index (χ4n) is 3.78. The van der Waals surface area contributed by atoms with Crippen molar-refractivity contribution in [2.75, 3.05) is 7.11 Å². The quantitative estimate of drug-likeness (QED) is 0.426. The number of ether oxygens (including phenoxy) is 1. The lowest BCUT2D eigenvalue weighted by Gasteiger charge is -2.28. The number of benzene rings is 1. The highest BCUT2D eigenvalue weighted by Crippen LogP contribution is 2.26. The largest absolute Gasteiger partial charge is 0.467 e. The lowest BCUT2D eigenvalue weighted by Crippen LogP contribution is -2.43. The molecule has 0 fully saturated rings. The van der Waals surface area contributed by atoms with Gasteiger partial charge in [0.2, 0.25) is 0 Å².